The van der Waals surface area contributed by atoms with Crippen molar-refractivity contribution in [1.29, 1.82) is 0 Å². The van der Waals surface area contributed by atoms with E-state index in [2.05, 4.69) is 47.2 Å². The number of rotatable bonds is 4. The molecule has 0 aromatic heterocycles. The topological polar surface area (TPSA) is 55.1 Å². The lowest BCUT2D eigenvalue weighted by molar-refractivity contribution is -0.119. The summed E-state index contributed by atoms with van der Waals surface area (Å²) >= 11 is 5.14. The van der Waals surface area contributed by atoms with Gasteiger partial charge in [0.2, 0.25) is 5.91 Å². The van der Waals surface area contributed by atoms with E-state index in [1.165, 1.54) is 16.0 Å². The molecule has 0 saturated heterocycles. The van der Waals surface area contributed by atoms with Gasteiger partial charge in [-0.3, -0.25) is 4.79 Å². The maximum Gasteiger partial charge on any atom is 0.230 e. The van der Waals surface area contributed by atoms with Crippen molar-refractivity contribution in [3.05, 3.63) is 27.7 Å². The SMILES string of the molecule is Cc1cc(SCC(=O)NC2CCC(N)CC2)c(C)cc1Br.Cl. The van der Waals surface area contributed by atoms with E-state index in [1.54, 1.807) is 11.8 Å². The zero-order valence-corrected chi connectivity index (χ0v) is 16.2. The number of carbonyl (C=O) groups excluding carboxylic acids is 1. The molecule has 1 aliphatic rings. The van der Waals surface area contributed by atoms with Crippen molar-refractivity contribution in [2.75, 3.05) is 5.75 Å². The number of halogens is 2. The van der Waals surface area contributed by atoms with E-state index < -0.39 is 0 Å². The molecule has 2 rings (SSSR count). The van der Waals surface area contributed by atoms with Crippen LogP contribution >= 0.6 is 40.1 Å². The molecule has 1 saturated carbocycles. The Kier molecular flexibility index (Phi) is 8.25. The molecule has 1 aromatic rings. The highest BCUT2D eigenvalue weighted by molar-refractivity contribution is 9.10. The van der Waals surface area contributed by atoms with Crippen molar-refractivity contribution in [1.82, 2.24) is 5.32 Å². The molecule has 1 fully saturated rings. The molecule has 1 aromatic carbocycles. The van der Waals surface area contributed by atoms with E-state index >= 15 is 0 Å². The van der Waals surface area contributed by atoms with Crippen molar-refractivity contribution in [2.24, 2.45) is 5.73 Å². The number of carbonyl (C=O) groups is 1. The predicted octanol–water partition coefficient (Wildman–Crippen LogP) is 3.97. The van der Waals surface area contributed by atoms with Gasteiger partial charge in [-0.05, 0) is 62.8 Å². The van der Waals surface area contributed by atoms with Crippen LogP contribution in [0, 0.1) is 13.8 Å². The van der Waals surface area contributed by atoms with E-state index in [1.807, 2.05) is 0 Å². The monoisotopic (exact) mass is 406 g/mol. The lowest BCUT2D eigenvalue weighted by Crippen LogP contribution is -2.41. The fourth-order valence-corrected chi connectivity index (χ4v) is 3.96. The average Bonchev–Trinajstić information content (AvgIpc) is 2.44. The van der Waals surface area contributed by atoms with Gasteiger partial charge in [-0.1, -0.05) is 15.9 Å². The first kappa shape index (κ1) is 19.8. The average molecular weight is 408 g/mol. The Morgan fingerprint density at radius 3 is 2.55 bits per heavy atom. The van der Waals surface area contributed by atoms with Crippen LogP contribution in [-0.2, 0) is 4.79 Å². The molecule has 0 radical (unpaired) electrons. The molecule has 22 heavy (non-hydrogen) atoms. The first-order valence-electron chi connectivity index (χ1n) is 7.40. The number of hydrogen-bond donors (Lipinski definition) is 2. The number of benzene rings is 1. The molecule has 0 heterocycles. The highest BCUT2D eigenvalue weighted by Gasteiger charge is 2.20. The molecule has 0 bridgehead atoms. The van der Waals surface area contributed by atoms with Gasteiger partial charge in [0.05, 0.1) is 5.75 Å². The Morgan fingerprint density at radius 2 is 1.91 bits per heavy atom. The summed E-state index contributed by atoms with van der Waals surface area (Å²) in [6.45, 7) is 4.14. The standard InChI is InChI=1S/C16H23BrN2OS.ClH/c1-10-8-15(11(2)7-14(10)17)21-9-16(20)19-13-5-3-12(18)4-6-13;/h7-8,12-13H,3-6,9,18H2,1-2H3,(H,19,20);1H. The van der Waals surface area contributed by atoms with Gasteiger partial charge >= 0.3 is 0 Å². The van der Waals surface area contributed by atoms with Gasteiger partial charge in [0.1, 0.15) is 0 Å². The van der Waals surface area contributed by atoms with Gasteiger partial charge in [0, 0.05) is 21.5 Å². The third-order valence-corrected chi connectivity index (χ3v) is 5.96. The minimum atomic E-state index is 0. The minimum absolute atomic E-state index is 0. The van der Waals surface area contributed by atoms with Gasteiger partial charge in [-0.25, -0.2) is 0 Å². The smallest absolute Gasteiger partial charge is 0.230 e. The highest BCUT2D eigenvalue weighted by Crippen LogP contribution is 2.28. The minimum Gasteiger partial charge on any atom is -0.353 e. The number of hydrogen-bond acceptors (Lipinski definition) is 3. The summed E-state index contributed by atoms with van der Waals surface area (Å²) in [6, 6.07) is 4.88. The van der Waals surface area contributed by atoms with Gasteiger partial charge < -0.3 is 11.1 Å². The fourth-order valence-electron chi connectivity index (χ4n) is 2.59. The number of thioether (sulfide) groups is 1. The highest BCUT2D eigenvalue weighted by atomic mass is 79.9. The van der Waals surface area contributed by atoms with Crippen LogP contribution in [0.25, 0.3) is 0 Å². The zero-order chi connectivity index (χ0) is 15.4. The van der Waals surface area contributed by atoms with Crippen molar-refractivity contribution in [3.63, 3.8) is 0 Å². The molecule has 124 valence electrons. The summed E-state index contributed by atoms with van der Waals surface area (Å²) in [6.07, 6.45) is 4.05. The lowest BCUT2D eigenvalue weighted by atomic mass is 9.92. The van der Waals surface area contributed by atoms with Crippen LogP contribution in [0.3, 0.4) is 0 Å². The van der Waals surface area contributed by atoms with Crippen LogP contribution in [0.15, 0.2) is 21.5 Å². The first-order valence-corrected chi connectivity index (χ1v) is 9.18. The van der Waals surface area contributed by atoms with E-state index in [-0.39, 0.29) is 18.3 Å². The second kappa shape index (κ2) is 9.16. The van der Waals surface area contributed by atoms with Crippen LogP contribution in [-0.4, -0.2) is 23.7 Å². The normalized spacial score (nSPS) is 21.1. The maximum atomic E-state index is 12.1. The summed E-state index contributed by atoms with van der Waals surface area (Å²) in [5, 5.41) is 3.13. The van der Waals surface area contributed by atoms with E-state index in [9.17, 15) is 4.79 Å². The van der Waals surface area contributed by atoms with Crippen LogP contribution in [0.5, 0.6) is 0 Å². The van der Waals surface area contributed by atoms with E-state index in [0.717, 1.165) is 30.2 Å². The van der Waals surface area contributed by atoms with Gasteiger partial charge in [-0.15, -0.1) is 24.2 Å². The number of aryl methyl sites for hydroxylation is 2. The second-order valence-electron chi connectivity index (χ2n) is 5.83. The van der Waals surface area contributed by atoms with Crippen LogP contribution in [0.1, 0.15) is 36.8 Å². The van der Waals surface area contributed by atoms with Crippen LogP contribution < -0.4 is 11.1 Å². The molecule has 3 nitrogen and oxygen atoms in total. The number of nitrogens with two attached hydrogens (primary N) is 1. The summed E-state index contributed by atoms with van der Waals surface area (Å²) in [4.78, 5) is 13.2. The number of nitrogens with one attached hydrogen (secondary N) is 1. The summed E-state index contributed by atoms with van der Waals surface area (Å²) in [5.74, 6) is 0.602. The lowest BCUT2D eigenvalue weighted by Gasteiger charge is -2.26. The Balaban J connectivity index is 0.00000242. The number of amides is 1. The molecule has 6 heteroatoms. The van der Waals surface area contributed by atoms with Gasteiger partial charge in [0.15, 0.2) is 0 Å². The second-order valence-corrected chi connectivity index (χ2v) is 7.71. The fraction of sp³-hybridized carbons (Fsp3) is 0.562. The van der Waals surface area contributed by atoms with Crippen molar-refractivity contribution >= 4 is 46.0 Å². The Bertz CT molecular complexity index is 519. The molecular formula is C16H24BrClN2OS. The van der Waals surface area contributed by atoms with Crippen molar-refractivity contribution in [3.8, 4) is 0 Å². The molecule has 0 unspecified atom stereocenters. The Hall–Kier alpha value is -0.230. The van der Waals surface area contributed by atoms with Gasteiger partial charge in [0.25, 0.3) is 0 Å². The molecule has 0 spiro atoms. The third kappa shape index (κ3) is 5.76. The molecule has 3 N–H and O–H groups in total. The summed E-state index contributed by atoms with van der Waals surface area (Å²) in [7, 11) is 0. The summed E-state index contributed by atoms with van der Waals surface area (Å²) < 4.78 is 1.12. The quantitative estimate of drug-likeness (QED) is 0.743. The van der Waals surface area contributed by atoms with E-state index in [4.69, 9.17) is 5.73 Å². The predicted molar refractivity (Wildman–Crippen MR) is 100.0 cm³/mol. The van der Waals surface area contributed by atoms with Gasteiger partial charge in [-0.2, -0.15) is 0 Å². The largest absolute Gasteiger partial charge is 0.353 e. The van der Waals surface area contributed by atoms with E-state index in [0.29, 0.717) is 17.8 Å². The molecular weight excluding hydrogens is 384 g/mol. The van der Waals surface area contributed by atoms with Crippen molar-refractivity contribution < 1.29 is 4.79 Å². The first-order chi connectivity index (χ1) is 9.95. The Morgan fingerprint density at radius 1 is 1.27 bits per heavy atom. The summed E-state index contributed by atoms with van der Waals surface area (Å²) in [5.41, 5.74) is 8.29. The molecule has 1 aliphatic carbocycles. The van der Waals surface area contributed by atoms with Crippen LogP contribution in [0.4, 0.5) is 0 Å². The zero-order valence-electron chi connectivity index (χ0n) is 13.0. The van der Waals surface area contributed by atoms with Crippen LogP contribution in [0.2, 0.25) is 0 Å². The maximum absolute atomic E-state index is 12.1. The molecule has 0 atom stereocenters. The molecule has 0 aliphatic heterocycles. The Labute approximate surface area is 151 Å². The third-order valence-electron chi connectivity index (χ3n) is 3.95. The molecule has 1 amide bonds. The van der Waals surface area contributed by atoms with Crippen molar-refractivity contribution in [2.45, 2.75) is 56.5 Å².